The number of nitrogens with zero attached hydrogens (tertiary/aromatic N) is 3. The van der Waals surface area contributed by atoms with Crippen LogP contribution in [-0.2, 0) is 12.4 Å². The Bertz CT molecular complexity index is 669. The predicted octanol–water partition coefficient (Wildman–Crippen LogP) is 3.65. The van der Waals surface area contributed by atoms with Crippen LogP contribution in [0.2, 0.25) is 0 Å². The quantitative estimate of drug-likeness (QED) is 0.687. The largest absolute Gasteiger partial charge is 0.418 e. The molecule has 0 amide bonds. The fraction of sp³-hybridized carbons (Fsp3) is 0.250. The molecule has 3 nitrogen and oxygen atoms in total. The van der Waals surface area contributed by atoms with Crippen molar-refractivity contribution in [3.05, 3.63) is 33.4 Å². The highest BCUT2D eigenvalue weighted by Gasteiger charge is 2.46. The predicted molar refractivity (Wildman–Crippen MR) is 55.3 cm³/mol. The summed E-state index contributed by atoms with van der Waals surface area (Å²) in [5.74, 6) is 0. The van der Waals surface area contributed by atoms with Gasteiger partial charge in [-0.1, -0.05) is 0 Å². The van der Waals surface area contributed by atoms with Crippen molar-refractivity contribution in [3.63, 3.8) is 0 Å². The van der Waals surface area contributed by atoms with E-state index in [1.165, 1.54) is 0 Å². The molecular formula is C12H3F6N3. The van der Waals surface area contributed by atoms with Gasteiger partial charge in [-0.2, -0.15) is 42.1 Å². The molecule has 9 heteroatoms. The lowest BCUT2D eigenvalue weighted by molar-refractivity contribution is -0.143. The van der Waals surface area contributed by atoms with E-state index in [2.05, 4.69) is 0 Å². The third-order valence-corrected chi connectivity index (χ3v) is 2.65. The van der Waals surface area contributed by atoms with Crippen LogP contribution in [0.3, 0.4) is 0 Å². The molecule has 1 rings (SSSR count). The molecule has 0 aliphatic rings. The molecule has 108 valence electrons. The Hall–Kier alpha value is -2.73. The van der Waals surface area contributed by atoms with E-state index >= 15 is 0 Å². The Morgan fingerprint density at radius 1 is 0.667 bits per heavy atom. The number of hydrogen-bond donors (Lipinski definition) is 0. The summed E-state index contributed by atoms with van der Waals surface area (Å²) >= 11 is 0. The molecule has 0 fully saturated rings. The Balaban J connectivity index is 4.22. The van der Waals surface area contributed by atoms with Gasteiger partial charge in [0.15, 0.2) is 0 Å². The summed E-state index contributed by atoms with van der Waals surface area (Å²) in [5.41, 5.74) is -8.81. The normalized spacial score (nSPS) is 11.4. The summed E-state index contributed by atoms with van der Waals surface area (Å²) in [7, 11) is 0. The van der Waals surface area contributed by atoms with Crippen molar-refractivity contribution >= 4 is 0 Å². The zero-order chi connectivity index (χ0) is 16.6. The fourth-order valence-corrected chi connectivity index (χ4v) is 1.83. The molecule has 0 aliphatic carbocycles. The summed E-state index contributed by atoms with van der Waals surface area (Å²) in [6.45, 7) is 0.794. The van der Waals surface area contributed by atoms with Crippen LogP contribution in [-0.4, -0.2) is 0 Å². The van der Waals surface area contributed by atoms with Crippen molar-refractivity contribution < 1.29 is 26.3 Å². The van der Waals surface area contributed by atoms with E-state index in [0.717, 1.165) is 25.1 Å². The van der Waals surface area contributed by atoms with E-state index in [-0.39, 0.29) is 0 Å². The van der Waals surface area contributed by atoms with Crippen LogP contribution >= 0.6 is 0 Å². The summed E-state index contributed by atoms with van der Waals surface area (Å²) in [5, 5.41) is 26.2. The summed E-state index contributed by atoms with van der Waals surface area (Å²) in [6.07, 6.45) is -10.7. The van der Waals surface area contributed by atoms with Crippen LogP contribution in [0.5, 0.6) is 0 Å². The number of nitriles is 3. The van der Waals surface area contributed by atoms with Gasteiger partial charge in [0, 0.05) is 0 Å². The van der Waals surface area contributed by atoms with Gasteiger partial charge in [-0.3, -0.25) is 0 Å². The van der Waals surface area contributed by atoms with Crippen LogP contribution in [0.15, 0.2) is 0 Å². The van der Waals surface area contributed by atoms with Crippen LogP contribution in [0.25, 0.3) is 0 Å². The molecule has 0 unspecified atom stereocenters. The van der Waals surface area contributed by atoms with E-state index in [1.807, 2.05) is 0 Å². The Labute approximate surface area is 114 Å². The van der Waals surface area contributed by atoms with Gasteiger partial charge in [-0.15, -0.1) is 0 Å². The van der Waals surface area contributed by atoms with Gasteiger partial charge in [-0.05, 0) is 12.5 Å². The van der Waals surface area contributed by atoms with E-state index in [4.69, 9.17) is 15.8 Å². The lowest BCUT2D eigenvalue weighted by Crippen LogP contribution is -2.20. The van der Waals surface area contributed by atoms with Crippen LogP contribution in [0, 0.1) is 40.9 Å². The number of alkyl halides is 6. The highest BCUT2D eigenvalue weighted by Crippen LogP contribution is 2.44. The average molecular weight is 303 g/mol. The SMILES string of the molecule is Cc1c(C#N)c(C(F)(F)F)c(C#N)c(C(F)(F)F)c1C#N. The third-order valence-electron chi connectivity index (χ3n) is 2.65. The van der Waals surface area contributed by atoms with Gasteiger partial charge in [0.1, 0.15) is 18.2 Å². The zero-order valence-electron chi connectivity index (χ0n) is 10.1. The molecule has 0 spiro atoms. The van der Waals surface area contributed by atoms with E-state index in [0.29, 0.717) is 0 Å². The van der Waals surface area contributed by atoms with Gasteiger partial charge < -0.3 is 0 Å². The van der Waals surface area contributed by atoms with Crippen LogP contribution < -0.4 is 0 Å². The summed E-state index contributed by atoms with van der Waals surface area (Å²) in [6, 6.07) is 3.03. The second-order valence-electron chi connectivity index (χ2n) is 3.83. The fourth-order valence-electron chi connectivity index (χ4n) is 1.83. The van der Waals surface area contributed by atoms with E-state index in [9.17, 15) is 26.3 Å². The zero-order valence-corrected chi connectivity index (χ0v) is 10.1. The van der Waals surface area contributed by atoms with E-state index in [1.54, 1.807) is 0 Å². The maximum Gasteiger partial charge on any atom is 0.418 e. The summed E-state index contributed by atoms with van der Waals surface area (Å²) < 4.78 is 77.5. The van der Waals surface area contributed by atoms with Crippen molar-refractivity contribution in [2.75, 3.05) is 0 Å². The molecule has 0 bridgehead atoms. The standard InChI is InChI=1S/C12H3F6N3/c1-5-6(2-19)9(11(13,14)15)8(4-21)10(7(5)3-20)12(16,17)18/h1H3. The highest BCUT2D eigenvalue weighted by atomic mass is 19.4. The van der Waals surface area contributed by atoms with Crippen molar-refractivity contribution in [2.24, 2.45) is 0 Å². The number of benzene rings is 1. The number of hydrogen-bond acceptors (Lipinski definition) is 3. The first kappa shape index (κ1) is 16.3. The molecule has 1 aromatic carbocycles. The minimum Gasteiger partial charge on any atom is -0.192 e. The Kier molecular flexibility index (Phi) is 3.88. The molecule has 0 heterocycles. The number of halogens is 6. The maximum atomic E-state index is 12.9. The monoisotopic (exact) mass is 303 g/mol. The molecule has 0 N–H and O–H groups in total. The van der Waals surface area contributed by atoms with Gasteiger partial charge in [0.05, 0.1) is 27.8 Å². The van der Waals surface area contributed by atoms with Crippen molar-refractivity contribution in [3.8, 4) is 18.2 Å². The molecule has 0 atom stereocenters. The lowest BCUT2D eigenvalue weighted by Gasteiger charge is -2.19. The van der Waals surface area contributed by atoms with Crippen LogP contribution in [0.4, 0.5) is 26.3 Å². The van der Waals surface area contributed by atoms with Gasteiger partial charge in [0.2, 0.25) is 0 Å². The van der Waals surface area contributed by atoms with E-state index < -0.39 is 45.7 Å². The molecule has 0 aliphatic heterocycles. The number of rotatable bonds is 0. The lowest BCUT2D eigenvalue weighted by atomic mass is 9.87. The maximum absolute atomic E-state index is 12.9. The minimum absolute atomic E-state index is 0.765. The Morgan fingerprint density at radius 2 is 0.952 bits per heavy atom. The van der Waals surface area contributed by atoms with Crippen molar-refractivity contribution in [1.82, 2.24) is 0 Å². The van der Waals surface area contributed by atoms with Gasteiger partial charge in [-0.25, -0.2) is 0 Å². The van der Waals surface area contributed by atoms with Crippen molar-refractivity contribution in [1.29, 1.82) is 15.8 Å². The first-order chi connectivity index (χ1) is 9.50. The second kappa shape index (κ2) is 4.99. The second-order valence-corrected chi connectivity index (χ2v) is 3.83. The first-order valence-electron chi connectivity index (χ1n) is 5.05. The van der Waals surface area contributed by atoms with Crippen molar-refractivity contribution in [2.45, 2.75) is 19.3 Å². The van der Waals surface area contributed by atoms with Gasteiger partial charge >= 0.3 is 12.4 Å². The molecule has 0 saturated heterocycles. The molecule has 0 radical (unpaired) electrons. The molecule has 0 aromatic heterocycles. The first-order valence-corrected chi connectivity index (χ1v) is 5.05. The average Bonchev–Trinajstić information content (AvgIpc) is 2.34. The molecule has 0 saturated carbocycles. The third kappa shape index (κ3) is 2.61. The topological polar surface area (TPSA) is 71.4 Å². The molecule has 21 heavy (non-hydrogen) atoms. The summed E-state index contributed by atoms with van der Waals surface area (Å²) in [4.78, 5) is 0. The van der Waals surface area contributed by atoms with Gasteiger partial charge in [0.25, 0.3) is 0 Å². The Morgan fingerprint density at radius 3 is 1.14 bits per heavy atom. The smallest absolute Gasteiger partial charge is 0.192 e. The van der Waals surface area contributed by atoms with Crippen LogP contribution in [0.1, 0.15) is 33.4 Å². The molecular weight excluding hydrogens is 300 g/mol. The minimum atomic E-state index is -5.34. The highest BCUT2D eigenvalue weighted by molar-refractivity contribution is 5.65. The molecule has 1 aromatic rings.